The quantitative estimate of drug-likeness (QED) is 0.696. The Morgan fingerprint density at radius 2 is 2.13 bits per heavy atom. The molecule has 0 atom stereocenters. The van der Waals surface area contributed by atoms with Crippen LogP contribution >= 0.6 is 0 Å². The highest BCUT2D eigenvalue weighted by Crippen LogP contribution is 2.16. The monoisotopic (exact) mass is 202 g/mol. The maximum atomic E-state index is 10.2. The molecule has 3 nitrogen and oxygen atoms in total. The van der Waals surface area contributed by atoms with Crippen LogP contribution in [0.25, 0.3) is 0 Å². The maximum Gasteiger partial charge on any atom is 0.120 e. The van der Waals surface area contributed by atoms with Crippen LogP contribution in [0.2, 0.25) is 0 Å². The second-order valence-corrected chi connectivity index (χ2v) is 3.59. The number of carbonyl (C=O) groups excluding carboxylic acids is 1. The third-order valence-electron chi connectivity index (χ3n) is 2.51. The average molecular weight is 202 g/mol. The zero-order chi connectivity index (χ0) is 10.5. The molecular weight excluding hydrogens is 188 g/mol. The van der Waals surface area contributed by atoms with Crippen molar-refractivity contribution >= 4 is 18.3 Å². The minimum atomic E-state index is 0.602. The lowest BCUT2D eigenvalue weighted by molar-refractivity contribution is -0.107. The molecule has 0 fully saturated rings. The van der Waals surface area contributed by atoms with Crippen molar-refractivity contribution in [2.75, 3.05) is 18.0 Å². The normalized spacial score (nSPS) is 14.5. The van der Waals surface area contributed by atoms with Crippen molar-refractivity contribution in [3.63, 3.8) is 0 Å². The van der Waals surface area contributed by atoms with Gasteiger partial charge in [0, 0.05) is 18.7 Å². The van der Waals surface area contributed by atoms with Gasteiger partial charge in [0.1, 0.15) is 6.29 Å². The molecule has 0 aromatic heterocycles. The molecule has 0 aliphatic carbocycles. The van der Waals surface area contributed by atoms with Crippen molar-refractivity contribution in [1.82, 2.24) is 0 Å². The number of aliphatic imine (C=N–C) groups is 1. The van der Waals surface area contributed by atoms with E-state index in [2.05, 4.69) is 34.2 Å². The standard InChI is InChI=1S/C12H14N2O/c15-9-1-2-11-3-5-12(6-4-11)14-8-7-13-10-14/h3-6,9-10H,1-2,7-8H2. The Morgan fingerprint density at radius 3 is 2.73 bits per heavy atom. The zero-order valence-electron chi connectivity index (χ0n) is 8.60. The van der Waals surface area contributed by atoms with Gasteiger partial charge >= 0.3 is 0 Å². The molecule has 0 bridgehead atoms. The highest BCUT2D eigenvalue weighted by Gasteiger charge is 2.06. The molecule has 1 heterocycles. The van der Waals surface area contributed by atoms with Gasteiger partial charge in [0.15, 0.2) is 0 Å². The maximum absolute atomic E-state index is 10.2. The van der Waals surface area contributed by atoms with E-state index in [4.69, 9.17) is 0 Å². The topological polar surface area (TPSA) is 32.7 Å². The number of nitrogens with zero attached hydrogens (tertiary/aromatic N) is 2. The van der Waals surface area contributed by atoms with Crippen molar-refractivity contribution < 1.29 is 4.79 Å². The molecule has 1 aromatic carbocycles. The van der Waals surface area contributed by atoms with Gasteiger partial charge in [-0.3, -0.25) is 4.99 Å². The Balaban J connectivity index is 2.03. The van der Waals surface area contributed by atoms with Crippen LogP contribution in [0.15, 0.2) is 29.3 Å². The Labute approximate surface area is 89.4 Å². The number of aldehydes is 1. The predicted molar refractivity (Wildman–Crippen MR) is 61.5 cm³/mol. The van der Waals surface area contributed by atoms with Crippen LogP contribution in [-0.4, -0.2) is 25.7 Å². The summed E-state index contributed by atoms with van der Waals surface area (Å²) in [6.45, 7) is 1.85. The van der Waals surface area contributed by atoms with Gasteiger partial charge in [-0.25, -0.2) is 0 Å². The van der Waals surface area contributed by atoms with Crippen LogP contribution in [-0.2, 0) is 11.2 Å². The van der Waals surface area contributed by atoms with E-state index < -0.39 is 0 Å². The van der Waals surface area contributed by atoms with Gasteiger partial charge in [0.2, 0.25) is 0 Å². The third kappa shape index (κ3) is 2.43. The molecule has 0 unspecified atom stereocenters. The molecule has 78 valence electrons. The minimum absolute atomic E-state index is 0.602. The highest BCUT2D eigenvalue weighted by atomic mass is 16.1. The van der Waals surface area contributed by atoms with Crippen LogP contribution in [0.3, 0.4) is 0 Å². The molecule has 0 amide bonds. The van der Waals surface area contributed by atoms with Crippen molar-refractivity contribution in [3.8, 4) is 0 Å². The molecule has 1 aromatic rings. The fourth-order valence-electron chi connectivity index (χ4n) is 1.65. The predicted octanol–water partition coefficient (Wildman–Crippen LogP) is 1.67. The lowest BCUT2D eigenvalue weighted by atomic mass is 10.1. The van der Waals surface area contributed by atoms with Crippen molar-refractivity contribution in [2.24, 2.45) is 4.99 Å². The summed E-state index contributed by atoms with van der Waals surface area (Å²) in [5.74, 6) is 0. The van der Waals surface area contributed by atoms with Crippen molar-refractivity contribution in [1.29, 1.82) is 0 Å². The molecule has 0 spiro atoms. The van der Waals surface area contributed by atoms with E-state index in [0.717, 1.165) is 25.8 Å². The van der Waals surface area contributed by atoms with E-state index >= 15 is 0 Å². The second kappa shape index (κ2) is 4.73. The van der Waals surface area contributed by atoms with E-state index in [-0.39, 0.29) is 0 Å². The molecule has 2 rings (SSSR count). The Kier molecular flexibility index (Phi) is 3.12. The van der Waals surface area contributed by atoms with Crippen LogP contribution in [0.4, 0.5) is 5.69 Å². The SMILES string of the molecule is O=CCCc1ccc(N2C=NCC2)cc1. The van der Waals surface area contributed by atoms with E-state index in [1.54, 1.807) is 0 Å². The minimum Gasteiger partial charge on any atom is -0.331 e. The van der Waals surface area contributed by atoms with Crippen molar-refractivity contribution in [3.05, 3.63) is 29.8 Å². The van der Waals surface area contributed by atoms with E-state index in [1.165, 1.54) is 11.3 Å². The number of hydrogen-bond donors (Lipinski definition) is 0. The highest BCUT2D eigenvalue weighted by molar-refractivity contribution is 5.80. The van der Waals surface area contributed by atoms with Gasteiger partial charge in [0.05, 0.1) is 12.9 Å². The molecule has 1 aliphatic rings. The molecule has 0 radical (unpaired) electrons. The second-order valence-electron chi connectivity index (χ2n) is 3.59. The summed E-state index contributed by atoms with van der Waals surface area (Å²) in [5.41, 5.74) is 2.38. The summed E-state index contributed by atoms with van der Waals surface area (Å²) in [5, 5.41) is 0. The summed E-state index contributed by atoms with van der Waals surface area (Å²) in [7, 11) is 0. The Hall–Kier alpha value is -1.64. The number of carbonyl (C=O) groups is 1. The largest absolute Gasteiger partial charge is 0.331 e. The van der Waals surface area contributed by atoms with Gasteiger partial charge in [-0.1, -0.05) is 12.1 Å². The van der Waals surface area contributed by atoms with Crippen LogP contribution in [0.5, 0.6) is 0 Å². The fraction of sp³-hybridized carbons (Fsp3) is 0.333. The van der Waals surface area contributed by atoms with Crippen LogP contribution in [0.1, 0.15) is 12.0 Å². The summed E-state index contributed by atoms with van der Waals surface area (Å²) in [6, 6.07) is 8.31. The zero-order valence-corrected chi connectivity index (χ0v) is 8.60. The summed E-state index contributed by atoms with van der Waals surface area (Å²) >= 11 is 0. The summed E-state index contributed by atoms with van der Waals surface area (Å²) in [6.07, 6.45) is 4.27. The number of rotatable bonds is 4. The van der Waals surface area contributed by atoms with Crippen molar-refractivity contribution in [2.45, 2.75) is 12.8 Å². The van der Waals surface area contributed by atoms with E-state index in [0.29, 0.717) is 6.42 Å². The fourth-order valence-corrected chi connectivity index (χ4v) is 1.65. The number of aryl methyl sites for hydroxylation is 1. The van der Waals surface area contributed by atoms with Crippen LogP contribution < -0.4 is 4.90 Å². The van der Waals surface area contributed by atoms with E-state index in [9.17, 15) is 4.79 Å². The number of benzene rings is 1. The van der Waals surface area contributed by atoms with Gasteiger partial charge in [0.25, 0.3) is 0 Å². The summed E-state index contributed by atoms with van der Waals surface area (Å²) < 4.78 is 0. The lowest BCUT2D eigenvalue weighted by Gasteiger charge is -2.13. The van der Waals surface area contributed by atoms with Gasteiger partial charge in [-0.2, -0.15) is 0 Å². The number of anilines is 1. The smallest absolute Gasteiger partial charge is 0.120 e. The number of hydrogen-bond acceptors (Lipinski definition) is 3. The van der Waals surface area contributed by atoms with E-state index in [1.807, 2.05) is 6.34 Å². The summed E-state index contributed by atoms with van der Waals surface area (Å²) in [4.78, 5) is 16.5. The Morgan fingerprint density at radius 1 is 1.33 bits per heavy atom. The molecule has 15 heavy (non-hydrogen) atoms. The lowest BCUT2D eigenvalue weighted by Crippen LogP contribution is -2.17. The first kappa shape index (κ1) is 9.90. The molecule has 0 saturated heterocycles. The third-order valence-corrected chi connectivity index (χ3v) is 2.51. The molecule has 1 aliphatic heterocycles. The molecule has 0 saturated carbocycles. The Bertz CT molecular complexity index is 356. The van der Waals surface area contributed by atoms with Gasteiger partial charge in [-0.15, -0.1) is 0 Å². The molecule has 0 N–H and O–H groups in total. The van der Waals surface area contributed by atoms with Gasteiger partial charge in [-0.05, 0) is 24.1 Å². The average Bonchev–Trinajstić information content (AvgIpc) is 2.80. The first-order valence-corrected chi connectivity index (χ1v) is 5.19. The molecule has 3 heteroatoms. The van der Waals surface area contributed by atoms with Gasteiger partial charge < -0.3 is 9.69 Å². The molecular formula is C12H14N2O. The first-order valence-electron chi connectivity index (χ1n) is 5.19. The van der Waals surface area contributed by atoms with Crippen LogP contribution in [0, 0.1) is 0 Å². The first-order chi connectivity index (χ1) is 7.40.